The van der Waals surface area contributed by atoms with E-state index in [4.69, 9.17) is 5.73 Å². The molecule has 0 spiro atoms. The molecule has 5 nitrogen and oxygen atoms in total. The maximum atomic E-state index is 5.67. The highest BCUT2D eigenvalue weighted by Gasteiger charge is 2.32. The highest BCUT2D eigenvalue weighted by molar-refractivity contribution is 5.45. The van der Waals surface area contributed by atoms with Gasteiger partial charge in [0.25, 0.3) is 0 Å². The van der Waals surface area contributed by atoms with E-state index in [9.17, 15) is 0 Å². The molecule has 3 heterocycles. The van der Waals surface area contributed by atoms with Crippen LogP contribution in [0.25, 0.3) is 0 Å². The van der Waals surface area contributed by atoms with Crippen molar-refractivity contribution < 1.29 is 0 Å². The van der Waals surface area contributed by atoms with Crippen molar-refractivity contribution in [2.24, 2.45) is 5.92 Å². The van der Waals surface area contributed by atoms with Crippen molar-refractivity contribution in [1.29, 1.82) is 0 Å². The highest BCUT2D eigenvalue weighted by atomic mass is 15.2. The van der Waals surface area contributed by atoms with Gasteiger partial charge in [-0.05, 0) is 51.6 Å². The smallest absolute Gasteiger partial charge is 0.221 e. The van der Waals surface area contributed by atoms with Crippen LogP contribution in [0, 0.1) is 12.8 Å². The predicted octanol–water partition coefficient (Wildman–Crippen LogP) is 2.04. The number of hydrogen-bond donors (Lipinski definition) is 2. The molecule has 2 aliphatic heterocycles. The molecule has 5 heteroatoms. The van der Waals surface area contributed by atoms with Crippen LogP contribution in [0.5, 0.6) is 0 Å². The van der Waals surface area contributed by atoms with Gasteiger partial charge in [0.05, 0.1) is 0 Å². The molecule has 1 aromatic heterocycles. The van der Waals surface area contributed by atoms with Crippen LogP contribution in [0.3, 0.4) is 0 Å². The lowest BCUT2D eigenvalue weighted by Gasteiger charge is -2.44. The molecule has 0 unspecified atom stereocenters. The third kappa shape index (κ3) is 2.87. The van der Waals surface area contributed by atoms with Gasteiger partial charge in [-0.1, -0.05) is 6.42 Å². The average molecular weight is 275 g/mol. The topological polar surface area (TPSA) is 67.1 Å². The summed E-state index contributed by atoms with van der Waals surface area (Å²) in [4.78, 5) is 11.0. The Morgan fingerprint density at radius 3 is 3.05 bits per heavy atom. The lowest BCUT2D eigenvalue weighted by atomic mass is 9.83. The van der Waals surface area contributed by atoms with E-state index in [1.807, 2.05) is 6.92 Å². The second kappa shape index (κ2) is 5.95. The third-order valence-corrected chi connectivity index (χ3v) is 4.75. The minimum atomic E-state index is 0.348. The molecule has 2 aliphatic rings. The maximum Gasteiger partial charge on any atom is 0.221 e. The number of aromatic nitrogens is 2. The van der Waals surface area contributed by atoms with Crippen molar-refractivity contribution in [1.82, 2.24) is 14.9 Å². The zero-order valence-electron chi connectivity index (χ0n) is 12.3. The van der Waals surface area contributed by atoms with E-state index in [0.717, 1.165) is 29.9 Å². The number of anilines is 2. The normalized spacial score (nSPS) is 27.1. The third-order valence-electron chi connectivity index (χ3n) is 4.75. The monoisotopic (exact) mass is 275 g/mol. The van der Waals surface area contributed by atoms with E-state index in [1.165, 1.54) is 45.2 Å². The summed E-state index contributed by atoms with van der Waals surface area (Å²) >= 11 is 0. The molecule has 3 N–H and O–H groups in total. The maximum absolute atomic E-state index is 5.67. The first-order valence-electron chi connectivity index (χ1n) is 7.81. The van der Waals surface area contributed by atoms with Gasteiger partial charge in [0.1, 0.15) is 5.82 Å². The Labute approximate surface area is 121 Å². The van der Waals surface area contributed by atoms with Gasteiger partial charge in [0.15, 0.2) is 0 Å². The summed E-state index contributed by atoms with van der Waals surface area (Å²) in [6, 6.07) is 0.768. The predicted molar refractivity (Wildman–Crippen MR) is 81.6 cm³/mol. The van der Waals surface area contributed by atoms with Crippen molar-refractivity contribution >= 4 is 11.8 Å². The standard InChI is InChI=1S/C15H25N5/c1-11-9-18-15(16)19-14(11)17-10-12-5-4-8-20-7-3-2-6-13(12)20/h9,12-13H,2-8,10H2,1H3,(H3,16,17,18,19)/t12-,13+/m0/s1. The van der Waals surface area contributed by atoms with Gasteiger partial charge in [-0.3, -0.25) is 0 Å². The fourth-order valence-corrected chi connectivity index (χ4v) is 3.68. The zero-order chi connectivity index (χ0) is 13.9. The first-order valence-corrected chi connectivity index (χ1v) is 7.81. The minimum absolute atomic E-state index is 0.348. The van der Waals surface area contributed by atoms with Crippen LogP contribution >= 0.6 is 0 Å². The van der Waals surface area contributed by atoms with Crippen molar-refractivity contribution in [3.8, 4) is 0 Å². The van der Waals surface area contributed by atoms with Crippen LogP contribution in [0.1, 0.15) is 37.7 Å². The van der Waals surface area contributed by atoms with Crippen LogP contribution in [-0.4, -0.2) is 40.5 Å². The van der Waals surface area contributed by atoms with E-state index in [-0.39, 0.29) is 0 Å². The van der Waals surface area contributed by atoms with Gasteiger partial charge < -0.3 is 16.0 Å². The Balaban J connectivity index is 1.63. The Morgan fingerprint density at radius 1 is 1.30 bits per heavy atom. The SMILES string of the molecule is Cc1cnc(N)nc1NC[C@@H]1CCCN2CCCC[C@H]12. The number of aryl methyl sites for hydroxylation is 1. The molecule has 0 saturated carbocycles. The van der Waals surface area contributed by atoms with Crippen molar-refractivity contribution in [3.05, 3.63) is 11.8 Å². The van der Waals surface area contributed by atoms with Gasteiger partial charge in [-0.15, -0.1) is 0 Å². The van der Waals surface area contributed by atoms with Gasteiger partial charge in [-0.25, -0.2) is 4.98 Å². The highest BCUT2D eigenvalue weighted by Crippen LogP contribution is 2.31. The van der Waals surface area contributed by atoms with Gasteiger partial charge in [-0.2, -0.15) is 4.98 Å². The molecule has 0 bridgehead atoms. The molecular formula is C15H25N5. The van der Waals surface area contributed by atoms with Crippen molar-refractivity contribution in [2.45, 2.75) is 45.1 Å². The molecule has 110 valence electrons. The summed E-state index contributed by atoms with van der Waals surface area (Å²) in [5.41, 5.74) is 6.74. The molecule has 0 aliphatic carbocycles. The second-order valence-corrected chi connectivity index (χ2v) is 6.14. The summed E-state index contributed by atoms with van der Waals surface area (Å²) in [6.45, 7) is 5.61. The van der Waals surface area contributed by atoms with Crippen LogP contribution in [0.2, 0.25) is 0 Å². The fourth-order valence-electron chi connectivity index (χ4n) is 3.68. The summed E-state index contributed by atoms with van der Waals surface area (Å²) in [5.74, 6) is 1.98. The molecule has 20 heavy (non-hydrogen) atoms. The number of fused-ring (bicyclic) bond motifs is 1. The summed E-state index contributed by atoms with van der Waals surface area (Å²) < 4.78 is 0. The second-order valence-electron chi connectivity index (χ2n) is 6.14. The number of piperidine rings is 2. The Bertz CT molecular complexity index is 460. The quantitative estimate of drug-likeness (QED) is 0.883. The summed E-state index contributed by atoms with van der Waals surface area (Å²) in [7, 11) is 0. The Hall–Kier alpha value is -1.36. The molecule has 1 aromatic rings. The molecule has 3 rings (SSSR count). The fraction of sp³-hybridized carbons (Fsp3) is 0.733. The van der Waals surface area contributed by atoms with Crippen LogP contribution < -0.4 is 11.1 Å². The first kappa shape index (κ1) is 13.6. The number of rotatable bonds is 3. The van der Waals surface area contributed by atoms with Crippen molar-refractivity contribution in [2.75, 3.05) is 30.7 Å². The van der Waals surface area contributed by atoms with Crippen LogP contribution in [0.15, 0.2) is 6.20 Å². The molecule has 2 atom stereocenters. The zero-order valence-corrected chi connectivity index (χ0v) is 12.3. The van der Waals surface area contributed by atoms with Crippen LogP contribution in [-0.2, 0) is 0 Å². The lowest BCUT2D eigenvalue weighted by Crippen LogP contribution is -2.49. The summed E-state index contributed by atoms with van der Waals surface area (Å²) in [5, 5.41) is 3.50. The van der Waals surface area contributed by atoms with E-state index in [0.29, 0.717) is 5.95 Å². The lowest BCUT2D eigenvalue weighted by molar-refractivity contribution is 0.0649. The van der Waals surface area contributed by atoms with E-state index in [2.05, 4.69) is 20.2 Å². The van der Waals surface area contributed by atoms with E-state index >= 15 is 0 Å². The molecule has 0 radical (unpaired) electrons. The molecule has 2 fully saturated rings. The molecular weight excluding hydrogens is 250 g/mol. The molecule has 2 saturated heterocycles. The summed E-state index contributed by atoms with van der Waals surface area (Å²) in [6.07, 6.45) is 8.56. The molecule has 0 aromatic carbocycles. The van der Waals surface area contributed by atoms with E-state index in [1.54, 1.807) is 6.20 Å². The number of nitrogen functional groups attached to an aromatic ring is 1. The largest absolute Gasteiger partial charge is 0.369 e. The average Bonchev–Trinajstić information content (AvgIpc) is 2.48. The van der Waals surface area contributed by atoms with Gasteiger partial charge >= 0.3 is 0 Å². The van der Waals surface area contributed by atoms with Gasteiger partial charge in [0.2, 0.25) is 5.95 Å². The first-order chi connectivity index (χ1) is 9.74. The number of nitrogens with one attached hydrogen (secondary N) is 1. The van der Waals surface area contributed by atoms with E-state index < -0.39 is 0 Å². The number of nitrogens with two attached hydrogens (primary N) is 1. The minimum Gasteiger partial charge on any atom is -0.369 e. The number of hydrogen-bond acceptors (Lipinski definition) is 5. The van der Waals surface area contributed by atoms with Crippen LogP contribution in [0.4, 0.5) is 11.8 Å². The Kier molecular flexibility index (Phi) is 4.05. The Morgan fingerprint density at radius 2 is 2.15 bits per heavy atom. The number of nitrogens with zero attached hydrogens (tertiary/aromatic N) is 3. The molecule has 0 amide bonds. The van der Waals surface area contributed by atoms with Gasteiger partial charge in [0, 0.05) is 24.3 Å². The van der Waals surface area contributed by atoms with Crippen molar-refractivity contribution in [3.63, 3.8) is 0 Å².